The Labute approximate surface area is 132 Å². The lowest BCUT2D eigenvalue weighted by Crippen LogP contribution is -2.40. The molecule has 1 aromatic carbocycles. The first-order chi connectivity index (χ1) is 9.10. The quantitative estimate of drug-likeness (QED) is 0.513. The van der Waals surface area contributed by atoms with Crippen LogP contribution < -0.4 is 9.92 Å². The zero-order valence-electron chi connectivity index (χ0n) is 14.2. The Kier molecular flexibility index (Phi) is 8.79. The van der Waals surface area contributed by atoms with Gasteiger partial charge in [-0.15, -0.1) is 0 Å². The molecule has 0 aliphatic heterocycles. The molecule has 0 aromatic heterocycles. The van der Waals surface area contributed by atoms with Crippen molar-refractivity contribution in [3.8, 4) is 5.75 Å². The Bertz CT molecular complexity index is 363. The molecule has 116 valence electrons. The van der Waals surface area contributed by atoms with Crippen LogP contribution in [0.5, 0.6) is 5.75 Å². The van der Waals surface area contributed by atoms with E-state index in [4.69, 9.17) is 15.8 Å². The van der Waals surface area contributed by atoms with E-state index in [9.17, 15) is 0 Å². The molecule has 4 heteroatoms. The predicted molar refractivity (Wildman–Crippen MR) is 99.0 cm³/mol. The smallest absolute Gasteiger partial charge is 0.147 e. The summed E-state index contributed by atoms with van der Waals surface area (Å²) in [4.78, 5) is 0. The molecule has 1 nitrogen and oxygen atoms in total. The molecule has 0 bridgehead atoms. The molecule has 0 fully saturated rings. The van der Waals surface area contributed by atoms with E-state index in [1.54, 1.807) is 7.11 Å². The standard InChI is InChI=1S/C13H22OSi.C3H9ClSi/c1-5-6-11-15(3,4)13-9-7-12(14-2)8-10-13;1-5(2,3)4/h7-10H,5-6,11H2,1-4H3;1-3H3. The van der Waals surface area contributed by atoms with Crippen LogP contribution in [0.25, 0.3) is 0 Å². The van der Waals surface area contributed by atoms with Crippen molar-refractivity contribution in [1.82, 2.24) is 0 Å². The average molecular weight is 331 g/mol. The Hall–Kier alpha value is -0.256. The Morgan fingerprint density at radius 1 is 1.00 bits per heavy atom. The zero-order chi connectivity index (χ0) is 15.8. The van der Waals surface area contributed by atoms with E-state index in [2.05, 4.69) is 63.9 Å². The van der Waals surface area contributed by atoms with Gasteiger partial charge in [0, 0.05) is 0 Å². The van der Waals surface area contributed by atoms with Gasteiger partial charge in [-0.3, -0.25) is 0 Å². The third-order valence-electron chi connectivity index (χ3n) is 3.03. The van der Waals surface area contributed by atoms with Crippen molar-refractivity contribution in [2.24, 2.45) is 0 Å². The molecule has 0 aliphatic carbocycles. The first-order valence-corrected chi connectivity index (χ1v) is 15.2. The Morgan fingerprint density at radius 3 is 1.80 bits per heavy atom. The Morgan fingerprint density at radius 2 is 1.45 bits per heavy atom. The molecule has 0 spiro atoms. The summed E-state index contributed by atoms with van der Waals surface area (Å²) in [6.07, 6.45) is 2.65. The molecule has 0 unspecified atom stereocenters. The van der Waals surface area contributed by atoms with E-state index in [1.807, 2.05) is 0 Å². The fourth-order valence-corrected chi connectivity index (χ4v) is 4.40. The fraction of sp³-hybridized carbons (Fsp3) is 0.625. The van der Waals surface area contributed by atoms with Gasteiger partial charge in [0.15, 0.2) is 0 Å². The number of ether oxygens (including phenoxy) is 1. The van der Waals surface area contributed by atoms with Gasteiger partial charge in [0.25, 0.3) is 0 Å². The summed E-state index contributed by atoms with van der Waals surface area (Å²) in [5, 5.41) is 1.54. The van der Waals surface area contributed by atoms with E-state index >= 15 is 0 Å². The van der Waals surface area contributed by atoms with Crippen LogP contribution in [-0.4, -0.2) is 22.6 Å². The monoisotopic (exact) mass is 330 g/mol. The van der Waals surface area contributed by atoms with Gasteiger partial charge in [-0.2, -0.15) is 11.1 Å². The van der Waals surface area contributed by atoms with Crippen LogP contribution in [0.2, 0.25) is 38.8 Å². The van der Waals surface area contributed by atoms with Crippen LogP contribution in [0, 0.1) is 0 Å². The molecule has 0 heterocycles. The van der Waals surface area contributed by atoms with E-state index in [0.29, 0.717) is 0 Å². The number of hydrogen-bond donors (Lipinski definition) is 0. The van der Waals surface area contributed by atoms with Gasteiger partial charge in [0.2, 0.25) is 0 Å². The molecule has 1 rings (SSSR count). The first kappa shape index (κ1) is 19.7. The largest absolute Gasteiger partial charge is 0.497 e. The summed E-state index contributed by atoms with van der Waals surface area (Å²) in [7, 11) is -0.614. The van der Waals surface area contributed by atoms with Crippen molar-refractivity contribution in [3.63, 3.8) is 0 Å². The maximum atomic E-state index is 5.67. The molecule has 0 saturated carbocycles. The maximum Gasteiger partial charge on any atom is 0.147 e. The summed E-state index contributed by atoms with van der Waals surface area (Å²) in [5.74, 6) is 0.957. The third-order valence-corrected chi connectivity index (χ3v) is 6.53. The maximum absolute atomic E-state index is 5.67. The van der Waals surface area contributed by atoms with Crippen molar-refractivity contribution in [3.05, 3.63) is 24.3 Å². The molecule has 0 N–H and O–H groups in total. The molecule has 0 atom stereocenters. The van der Waals surface area contributed by atoms with Crippen molar-refractivity contribution >= 4 is 31.7 Å². The van der Waals surface area contributed by atoms with Crippen LogP contribution in [0.15, 0.2) is 24.3 Å². The second kappa shape index (κ2) is 8.90. The summed E-state index contributed by atoms with van der Waals surface area (Å²) in [6.45, 7) is 13.4. The van der Waals surface area contributed by atoms with Gasteiger partial charge < -0.3 is 4.74 Å². The number of hydrogen-bond acceptors (Lipinski definition) is 1. The first-order valence-electron chi connectivity index (χ1n) is 7.43. The van der Waals surface area contributed by atoms with Gasteiger partial charge in [0.1, 0.15) is 13.1 Å². The van der Waals surface area contributed by atoms with Crippen LogP contribution in [0.4, 0.5) is 0 Å². The van der Waals surface area contributed by atoms with E-state index in [1.165, 1.54) is 24.1 Å². The second-order valence-corrected chi connectivity index (χ2v) is 19.2. The lowest BCUT2D eigenvalue weighted by Gasteiger charge is -2.22. The molecule has 1 aromatic rings. The van der Waals surface area contributed by atoms with Crippen molar-refractivity contribution in [2.75, 3.05) is 7.11 Å². The van der Waals surface area contributed by atoms with E-state index in [-0.39, 0.29) is 0 Å². The highest BCUT2D eigenvalue weighted by atomic mass is 35.6. The van der Waals surface area contributed by atoms with E-state index in [0.717, 1.165) is 5.75 Å². The number of methoxy groups -OCH3 is 1. The van der Waals surface area contributed by atoms with Crippen molar-refractivity contribution in [2.45, 2.75) is 58.5 Å². The van der Waals surface area contributed by atoms with Gasteiger partial charge in [-0.25, -0.2) is 0 Å². The van der Waals surface area contributed by atoms with Gasteiger partial charge in [-0.05, 0) is 12.1 Å². The lowest BCUT2D eigenvalue weighted by atomic mass is 10.3. The predicted octanol–water partition coefficient (Wildman–Crippen LogP) is 5.47. The summed E-state index contributed by atoms with van der Waals surface area (Å²) in [6, 6.07) is 10.0. The van der Waals surface area contributed by atoms with Gasteiger partial charge in [-0.1, -0.05) is 75.9 Å². The molecule has 20 heavy (non-hydrogen) atoms. The Balaban J connectivity index is 0.000000621. The number of halogens is 1. The number of unbranched alkanes of at least 4 members (excludes halogenated alkanes) is 1. The van der Waals surface area contributed by atoms with Crippen LogP contribution in [-0.2, 0) is 0 Å². The third kappa shape index (κ3) is 9.62. The van der Waals surface area contributed by atoms with Crippen LogP contribution in [0.3, 0.4) is 0 Å². The molecule has 0 aliphatic rings. The molecule has 0 amide bonds. The minimum atomic E-state index is -1.19. The SMILES string of the molecule is CCCC[Si](C)(C)c1ccc(OC)cc1.C[Si](C)(C)Cl. The second-order valence-electron chi connectivity index (χ2n) is 6.78. The van der Waals surface area contributed by atoms with Gasteiger partial charge >= 0.3 is 0 Å². The lowest BCUT2D eigenvalue weighted by molar-refractivity contribution is 0.415. The summed E-state index contributed by atoms with van der Waals surface area (Å²) >= 11 is 5.67. The van der Waals surface area contributed by atoms with Crippen LogP contribution in [0.1, 0.15) is 19.8 Å². The minimum absolute atomic E-state index is 0.957. The average Bonchev–Trinajstić information content (AvgIpc) is 2.34. The molecular formula is C16H31ClOSi2. The highest BCUT2D eigenvalue weighted by molar-refractivity contribution is 7.18. The minimum Gasteiger partial charge on any atom is -0.497 e. The molecular weight excluding hydrogens is 300 g/mol. The highest BCUT2D eigenvalue weighted by Crippen LogP contribution is 2.16. The van der Waals surface area contributed by atoms with Crippen molar-refractivity contribution in [1.29, 1.82) is 0 Å². The van der Waals surface area contributed by atoms with E-state index < -0.39 is 15.5 Å². The number of benzene rings is 1. The normalized spacial score (nSPS) is 11.6. The summed E-state index contributed by atoms with van der Waals surface area (Å²) < 4.78 is 5.18. The highest BCUT2D eigenvalue weighted by Gasteiger charge is 2.22. The zero-order valence-corrected chi connectivity index (χ0v) is 17.0. The fourth-order valence-electron chi connectivity index (χ4n) is 1.81. The van der Waals surface area contributed by atoms with Crippen LogP contribution >= 0.6 is 11.1 Å². The summed E-state index contributed by atoms with van der Waals surface area (Å²) in [5.41, 5.74) is 0. The molecule has 0 radical (unpaired) electrons. The molecule has 0 saturated heterocycles. The van der Waals surface area contributed by atoms with Crippen molar-refractivity contribution < 1.29 is 4.74 Å². The topological polar surface area (TPSA) is 9.23 Å². The van der Waals surface area contributed by atoms with Gasteiger partial charge in [0.05, 0.1) is 15.2 Å². The number of rotatable bonds is 5.